The Labute approximate surface area is 150 Å². The number of esters is 1. The highest BCUT2D eigenvalue weighted by Gasteiger charge is 2.83. The second-order valence-electron chi connectivity index (χ2n) is 9.01. The minimum atomic E-state index is -1.35. The molecule has 9 atom stereocenters. The number of rotatable bonds is 0. The van der Waals surface area contributed by atoms with Crippen molar-refractivity contribution in [3.05, 3.63) is 11.6 Å². The SMILES string of the molecule is CC1=CC(=O)[C@@H](O)[C@]2(C)[C@@H]1CC(=O)[C@]13CO[C@@]4(C)[C@H](OC(=O)[C@H]41)[C@@H](O)[C@H]32. The molecule has 4 bridgehead atoms. The zero-order valence-electron chi connectivity index (χ0n) is 14.9. The van der Waals surface area contributed by atoms with E-state index in [2.05, 4.69) is 0 Å². The largest absolute Gasteiger partial charge is 0.456 e. The Bertz CT molecular complexity index is 802. The molecule has 3 aliphatic carbocycles. The predicted octanol–water partition coefficient (Wildman–Crippen LogP) is -0.221. The lowest BCUT2D eigenvalue weighted by Gasteiger charge is -2.61. The van der Waals surface area contributed by atoms with Crippen LogP contribution in [0.15, 0.2) is 11.6 Å². The molecule has 5 rings (SSSR count). The second kappa shape index (κ2) is 4.46. The van der Waals surface area contributed by atoms with Gasteiger partial charge in [-0.1, -0.05) is 12.5 Å². The van der Waals surface area contributed by atoms with E-state index in [1.54, 1.807) is 20.8 Å². The highest BCUT2D eigenvalue weighted by Crippen LogP contribution is 2.70. The molecule has 1 spiro atoms. The molecule has 140 valence electrons. The first-order valence-electron chi connectivity index (χ1n) is 9.06. The third-order valence-corrected chi connectivity index (χ3v) is 8.07. The van der Waals surface area contributed by atoms with Crippen molar-refractivity contribution >= 4 is 17.5 Å². The number of carbonyl (C=O) groups excluding carboxylic acids is 3. The number of aliphatic hydroxyl groups is 2. The first-order valence-corrected chi connectivity index (χ1v) is 9.06. The van der Waals surface area contributed by atoms with E-state index in [0.29, 0.717) is 0 Å². The summed E-state index contributed by atoms with van der Waals surface area (Å²) in [6.07, 6.45) is -1.93. The Kier molecular flexibility index (Phi) is 2.84. The van der Waals surface area contributed by atoms with Gasteiger partial charge in [-0.05, 0) is 25.8 Å². The molecule has 2 saturated heterocycles. The van der Waals surface area contributed by atoms with E-state index in [-0.39, 0.29) is 24.7 Å². The van der Waals surface area contributed by atoms with Crippen LogP contribution >= 0.6 is 0 Å². The van der Waals surface area contributed by atoms with Crippen molar-refractivity contribution in [2.24, 2.45) is 28.6 Å². The normalized spacial score (nSPS) is 57.4. The molecule has 7 heteroatoms. The van der Waals surface area contributed by atoms with Gasteiger partial charge in [0.05, 0.1) is 18.1 Å². The van der Waals surface area contributed by atoms with E-state index >= 15 is 0 Å². The first kappa shape index (κ1) is 16.6. The summed E-state index contributed by atoms with van der Waals surface area (Å²) in [5.41, 5.74) is -2.66. The molecule has 5 aliphatic rings. The Balaban J connectivity index is 1.78. The van der Waals surface area contributed by atoms with Crippen LogP contribution in [-0.2, 0) is 23.9 Å². The molecule has 4 fully saturated rings. The monoisotopic (exact) mass is 362 g/mol. The van der Waals surface area contributed by atoms with Gasteiger partial charge >= 0.3 is 5.97 Å². The average molecular weight is 362 g/mol. The fourth-order valence-electron chi connectivity index (χ4n) is 6.98. The lowest BCUT2D eigenvalue weighted by atomic mass is 9.40. The van der Waals surface area contributed by atoms with Gasteiger partial charge < -0.3 is 19.7 Å². The zero-order valence-corrected chi connectivity index (χ0v) is 14.9. The Morgan fingerprint density at radius 3 is 2.58 bits per heavy atom. The minimum absolute atomic E-state index is 0.00626. The predicted molar refractivity (Wildman–Crippen MR) is 85.6 cm³/mol. The summed E-state index contributed by atoms with van der Waals surface area (Å²) >= 11 is 0. The summed E-state index contributed by atoms with van der Waals surface area (Å²) in [4.78, 5) is 38.4. The third-order valence-electron chi connectivity index (χ3n) is 8.07. The van der Waals surface area contributed by atoms with Gasteiger partial charge in [-0.3, -0.25) is 14.4 Å². The number of ether oxygens (including phenoxy) is 2. The van der Waals surface area contributed by atoms with E-state index in [4.69, 9.17) is 9.47 Å². The number of ketones is 2. The van der Waals surface area contributed by atoms with E-state index in [0.717, 1.165) is 5.57 Å². The van der Waals surface area contributed by atoms with Crippen LogP contribution in [-0.4, -0.2) is 58.3 Å². The molecule has 2 saturated carbocycles. The summed E-state index contributed by atoms with van der Waals surface area (Å²) < 4.78 is 11.4. The molecule has 2 N–H and O–H groups in total. The van der Waals surface area contributed by atoms with Crippen LogP contribution in [0.25, 0.3) is 0 Å². The van der Waals surface area contributed by atoms with Crippen LogP contribution in [0.1, 0.15) is 27.2 Å². The van der Waals surface area contributed by atoms with Gasteiger partial charge in [0.25, 0.3) is 0 Å². The van der Waals surface area contributed by atoms with Crippen LogP contribution < -0.4 is 0 Å². The number of fused-ring (bicyclic) bond motifs is 2. The van der Waals surface area contributed by atoms with Crippen molar-refractivity contribution in [2.75, 3.05) is 6.61 Å². The van der Waals surface area contributed by atoms with Crippen molar-refractivity contribution in [2.45, 2.75) is 51.1 Å². The summed E-state index contributed by atoms with van der Waals surface area (Å²) in [5.74, 6) is -3.08. The topological polar surface area (TPSA) is 110 Å². The molecule has 26 heavy (non-hydrogen) atoms. The van der Waals surface area contributed by atoms with E-state index < -0.39 is 58.3 Å². The van der Waals surface area contributed by atoms with Gasteiger partial charge in [-0.25, -0.2) is 0 Å². The van der Waals surface area contributed by atoms with E-state index in [9.17, 15) is 24.6 Å². The number of aliphatic hydroxyl groups excluding tert-OH is 2. The fraction of sp³-hybridized carbons (Fsp3) is 0.737. The van der Waals surface area contributed by atoms with Gasteiger partial charge in [0, 0.05) is 17.8 Å². The third kappa shape index (κ3) is 1.41. The summed E-state index contributed by atoms with van der Waals surface area (Å²) in [6.45, 7) is 5.24. The van der Waals surface area contributed by atoms with Crippen molar-refractivity contribution in [3.8, 4) is 0 Å². The van der Waals surface area contributed by atoms with Crippen molar-refractivity contribution < 1.29 is 34.1 Å². The number of allylic oxidation sites excluding steroid dienone is 1. The van der Waals surface area contributed by atoms with Crippen LogP contribution in [0.4, 0.5) is 0 Å². The van der Waals surface area contributed by atoms with Crippen molar-refractivity contribution in [1.29, 1.82) is 0 Å². The van der Waals surface area contributed by atoms with Gasteiger partial charge in [-0.15, -0.1) is 0 Å². The summed E-state index contributed by atoms with van der Waals surface area (Å²) in [6, 6.07) is 0. The molecule has 0 aromatic rings. The van der Waals surface area contributed by atoms with Gasteiger partial charge in [0.1, 0.15) is 23.4 Å². The van der Waals surface area contributed by atoms with Crippen molar-refractivity contribution in [3.63, 3.8) is 0 Å². The van der Waals surface area contributed by atoms with Crippen LogP contribution in [0.3, 0.4) is 0 Å². The van der Waals surface area contributed by atoms with E-state index in [1.807, 2.05) is 0 Å². The van der Waals surface area contributed by atoms with Crippen molar-refractivity contribution in [1.82, 2.24) is 0 Å². The lowest BCUT2D eigenvalue weighted by molar-refractivity contribution is -0.204. The molecule has 0 radical (unpaired) electrons. The maximum Gasteiger partial charge on any atom is 0.313 e. The highest BCUT2D eigenvalue weighted by atomic mass is 16.6. The van der Waals surface area contributed by atoms with Crippen LogP contribution in [0.5, 0.6) is 0 Å². The van der Waals surface area contributed by atoms with Gasteiger partial charge in [0.15, 0.2) is 11.9 Å². The maximum atomic E-state index is 13.4. The molecule has 0 aromatic heterocycles. The van der Waals surface area contributed by atoms with Crippen LogP contribution in [0.2, 0.25) is 0 Å². The van der Waals surface area contributed by atoms with Gasteiger partial charge in [-0.2, -0.15) is 0 Å². The molecule has 2 heterocycles. The molecule has 7 nitrogen and oxygen atoms in total. The Morgan fingerprint density at radius 2 is 1.88 bits per heavy atom. The van der Waals surface area contributed by atoms with Gasteiger partial charge in [0.2, 0.25) is 0 Å². The number of carbonyl (C=O) groups is 3. The van der Waals surface area contributed by atoms with E-state index in [1.165, 1.54) is 6.08 Å². The smallest absolute Gasteiger partial charge is 0.313 e. The molecule has 0 aromatic carbocycles. The minimum Gasteiger partial charge on any atom is -0.456 e. The molecule has 0 unspecified atom stereocenters. The quantitative estimate of drug-likeness (QED) is 0.573. The summed E-state index contributed by atoms with van der Waals surface area (Å²) in [5, 5.41) is 22.1. The van der Waals surface area contributed by atoms with Crippen LogP contribution in [0, 0.1) is 28.6 Å². The molecule has 2 aliphatic heterocycles. The Hall–Kier alpha value is -1.57. The Morgan fingerprint density at radius 1 is 1.19 bits per heavy atom. The standard InChI is InChI=1S/C19H22O7/c1-7-4-9(20)14(23)17(2)8(7)5-10(21)19-6-25-18(3)13(19)16(24)26-15(18)11(22)12(17)19/h4,8,11-15,22-23H,5-6H2,1-3H3/t8-,11+,12+,13-,14-,15-,17-,18-,19+/m1/s1. The average Bonchev–Trinajstić information content (AvgIpc) is 2.94. The molecular formula is C19H22O7. The number of Topliss-reactive ketones (excluding diaryl/α,β-unsaturated/α-hetero) is 1. The highest BCUT2D eigenvalue weighted by molar-refractivity contribution is 5.99. The first-order chi connectivity index (χ1) is 12.1. The maximum absolute atomic E-state index is 13.4. The summed E-state index contributed by atoms with van der Waals surface area (Å²) in [7, 11) is 0. The zero-order chi connectivity index (χ0) is 18.8. The number of hydrogen-bond acceptors (Lipinski definition) is 7. The molecule has 0 amide bonds. The second-order valence-corrected chi connectivity index (χ2v) is 9.01. The lowest BCUT2D eigenvalue weighted by Crippen LogP contribution is -2.72. The molecular weight excluding hydrogens is 340 g/mol. The number of hydrogen-bond donors (Lipinski definition) is 2. The fourth-order valence-corrected chi connectivity index (χ4v) is 6.98.